The largest absolute Gasteiger partial charge is 0.650 e. The zero-order valence-corrected chi connectivity index (χ0v) is 13.7. The molecule has 3 aliphatic heterocycles. The highest BCUT2D eigenvalue weighted by molar-refractivity contribution is 7.64. The normalized spacial score (nSPS) is 38.2. The highest BCUT2D eigenvalue weighted by atomic mass is 31.2. The lowest BCUT2D eigenvalue weighted by Gasteiger charge is -2.55. The fourth-order valence-electron chi connectivity index (χ4n) is 4.71. The zero-order chi connectivity index (χ0) is 14.4. The molecule has 4 heteroatoms. The molecule has 1 aromatic rings. The van der Waals surface area contributed by atoms with Crippen LogP contribution in [0.2, 0.25) is 0 Å². The quantitative estimate of drug-likeness (QED) is 0.786. The average Bonchev–Trinajstić information content (AvgIpc) is 3.17. The molecular formula is C17H25N2OP. The van der Waals surface area contributed by atoms with Crippen LogP contribution in [-0.4, -0.2) is 34.5 Å². The minimum atomic E-state index is -2.47. The third-order valence-electron chi connectivity index (χ3n) is 5.76. The first-order valence-corrected chi connectivity index (χ1v) is 10.1. The molecule has 0 saturated carbocycles. The van der Waals surface area contributed by atoms with Gasteiger partial charge in [0.15, 0.2) is 0 Å². The van der Waals surface area contributed by atoms with E-state index in [0.29, 0.717) is 12.1 Å². The molecule has 4 rings (SSSR count). The second kappa shape index (κ2) is 5.31. The maximum atomic E-state index is 14.2. The van der Waals surface area contributed by atoms with Gasteiger partial charge in [0.05, 0.1) is 0 Å². The Morgan fingerprint density at radius 1 is 1.05 bits per heavy atom. The van der Waals surface area contributed by atoms with Crippen molar-refractivity contribution in [3.8, 4) is 0 Å². The molecular weight excluding hydrogens is 279 g/mol. The fourth-order valence-corrected chi connectivity index (χ4v) is 8.66. The van der Waals surface area contributed by atoms with Crippen LogP contribution in [0.3, 0.4) is 0 Å². The van der Waals surface area contributed by atoms with E-state index in [-0.39, 0.29) is 5.66 Å². The number of hydrogen-bond donors (Lipinski definition) is 0. The summed E-state index contributed by atoms with van der Waals surface area (Å²) in [6.07, 6.45) is 6.17. The van der Waals surface area contributed by atoms with Crippen molar-refractivity contribution in [3.63, 3.8) is 0 Å². The van der Waals surface area contributed by atoms with Gasteiger partial charge in [-0.15, -0.1) is 0 Å². The fraction of sp³-hybridized carbons (Fsp3) is 0.647. The van der Waals surface area contributed by atoms with E-state index in [4.69, 9.17) is 0 Å². The van der Waals surface area contributed by atoms with E-state index >= 15 is 0 Å². The SMILES string of the molecule is CC(c1ccccc1)[P+]1([O-])N2CCCC2CC2CCCN21. The molecule has 3 heterocycles. The van der Waals surface area contributed by atoms with Gasteiger partial charge in [0.1, 0.15) is 13.4 Å². The Morgan fingerprint density at radius 3 is 2.19 bits per heavy atom. The van der Waals surface area contributed by atoms with Gasteiger partial charge in [0, 0.05) is 25.2 Å². The van der Waals surface area contributed by atoms with Crippen LogP contribution < -0.4 is 4.89 Å². The summed E-state index contributed by atoms with van der Waals surface area (Å²) < 4.78 is 4.82. The number of rotatable bonds is 2. The molecule has 0 radical (unpaired) electrons. The van der Waals surface area contributed by atoms with E-state index in [9.17, 15) is 4.89 Å². The van der Waals surface area contributed by atoms with Crippen molar-refractivity contribution >= 4 is 7.79 Å². The van der Waals surface area contributed by atoms with Gasteiger partial charge in [-0.2, -0.15) is 9.34 Å². The van der Waals surface area contributed by atoms with Gasteiger partial charge < -0.3 is 4.89 Å². The summed E-state index contributed by atoms with van der Waals surface area (Å²) in [4.78, 5) is 14.2. The lowest BCUT2D eigenvalue weighted by Crippen LogP contribution is -2.53. The van der Waals surface area contributed by atoms with Crippen molar-refractivity contribution in [2.45, 2.75) is 56.8 Å². The van der Waals surface area contributed by atoms with Crippen molar-refractivity contribution in [1.82, 2.24) is 9.34 Å². The minimum Gasteiger partial charge on any atom is -0.650 e. The third-order valence-corrected chi connectivity index (χ3v) is 9.59. The monoisotopic (exact) mass is 304 g/mol. The average molecular weight is 304 g/mol. The van der Waals surface area contributed by atoms with Crippen LogP contribution in [0.15, 0.2) is 30.3 Å². The Balaban J connectivity index is 1.74. The highest BCUT2D eigenvalue weighted by Gasteiger charge is 2.58. The van der Waals surface area contributed by atoms with Gasteiger partial charge in [0.2, 0.25) is 0 Å². The van der Waals surface area contributed by atoms with E-state index in [1.807, 2.05) is 6.07 Å². The maximum Gasteiger partial charge on any atom is 0.119 e. The second-order valence-corrected chi connectivity index (χ2v) is 9.81. The van der Waals surface area contributed by atoms with Crippen LogP contribution in [0.4, 0.5) is 0 Å². The smallest absolute Gasteiger partial charge is 0.119 e. The van der Waals surface area contributed by atoms with Crippen LogP contribution in [0, 0.1) is 0 Å². The van der Waals surface area contributed by atoms with Crippen LogP contribution in [0.1, 0.15) is 50.3 Å². The van der Waals surface area contributed by atoms with E-state index in [0.717, 1.165) is 13.1 Å². The summed E-state index contributed by atoms with van der Waals surface area (Å²) in [5.74, 6) is 0. The first-order chi connectivity index (χ1) is 10.2. The minimum absolute atomic E-state index is 0.125. The molecule has 3 unspecified atom stereocenters. The van der Waals surface area contributed by atoms with E-state index in [2.05, 4.69) is 40.5 Å². The molecule has 0 spiro atoms. The van der Waals surface area contributed by atoms with Gasteiger partial charge in [-0.25, -0.2) is 0 Å². The molecule has 21 heavy (non-hydrogen) atoms. The lowest BCUT2D eigenvalue weighted by molar-refractivity contribution is -0.203. The molecule has 3 fully saturated rings. The van der Waals surface area contributed by atoms with Gasteiger partial charge >= 0.3 is 0 Å². The first kappa shape index (κ1) is 14.1. The Kier molecular flexibility index (Phi) is 3.58. The van der Waals surface area contributed by atoms with Crippen molar-refractivity contribution < 1.29 is 4.89 Å². The predicted molar refractivity (Wildman–Crippen MR) is 85.9 cm³/mol. The Labute approximate surface area is 128 Å². The first-order valence-electron chi connectivity index (χ1n) is 8.40. The number of hydrogen-bond acceptors (Lipinski definition) is 3. The molecule has 3 atom stereocenters. The third kappa shape index (κ3) is 2.09. The summed E-state index contributed by atoms with van der Waals surface area (Å²) >= 11 is 0. The molecule has 0 N–H and O–H groups in total. The summed E-state index contributed by atoms with van der Waals surface area (Å²) in [6.45, 7) is 4.25. The van der Waals surface area contributed by atoms with Gasteiger partial charge in [-0.05, 0) is 44.6 Å². The summed E-state index contributed by atoms with van der Waals surface area (Å²) in [6, 6.07) is 11.6. The molecule has 1 aromatic carbocycles. The summed E-state index contributed by atoms with van der Waals surface area (Å²) in [5, 5.41) is 0. The number of fused-ring (bicyclic) bond motifs is 2. The molecule has 3 aliphatic rings. The standard InChI is InChI=1S/C17H25N2OP/c1-14(15-7-3-2-4-8-15)21(20)18-11-5-9-16(18)13-17-10-6-12-19(17)21/h2-4,7-8,14,16-17H,5-6,9-13H2,1H3. The predicted octanol–water partition coefficient (Wildman–Crippen LogP) is 3.20. The van der Waals surface area contributed by atoms with Crippen LogP contribution in [0.5, 0.6) is 0 Å². The van der Waals surface area contributed by atoms with E-state index in [1.165, 1.54) is 37.7 Å². The van der Waals surface area contributed by atoms with Crippen LogP contribution in [-0.2, 0) is 0 Å². The second-order valence-electron chi connectivity index (χ2n) is 6.83. The number of nitrogens with zero attached hydrogens (tertiary/aromatic N) is 2. The van der Waals surface area contributed by atoms with Crippen molar-refractivity contribution in [2.24, 2.45) is 0 Å². The topological polar surface area (TPSA) is 29.5 Å². The summed E-state index contributed by atoms with van der Waals surface area (Å²) in [5.41, 5.74) is 1.36. The van der Waals surface area contributed by atoms with Gasteiger partial charge in [-0.1, -0.05) is 30.3 Å². The van der Waals surface area contributed by atoms with E-state index < -0.39 is 7.79 Å². The highest BCUT2D eigenvalue weighted by Crippen LogP contribution is 2.73. The lowest BCUT2D eigenvalue weighted by atomic mass is 10.0. The van der Waals surface area contributed by atoms with Crippen molar-refractivity contribution in [3.05, 3.63) is 35.9 Å². The van der Waals surface area contributed by atoms with E-state index in [1.54, 1.807) is 0 Å². The Hall–Kier alpha value is -0.470. The molecule has 0 amide bonds. The molecule has 0 bridgehead atoms. The van der Waals surface area contributed by atoms with Gasteiger partial charge in [0.25, 0.3) is 0 Å². The van der Waals surface area contributed by atoms with Gasteiger partial charge in [-0.3, -0.25) is 0 Å². The Bertz CT molecular complexity index is 489. The Morgan fingerprint density at radius 2 is 1.62 bits per heavy atom. The van der Waals surface area contributed by atoms with Crippen molar-refractivity contribution in [1.29, 1.82) is 0 Å². The number of benzene rings is 1. The molecule has 0 aromatic heterocycles. The molecule has 0 aliphatic carbocycles. The maximum absolute atomic E-state index is 14.2. The van der Waals surface area contributed by atoms with Crippen molar-refractivity contribution in [2.75, 3.05) is 13.1 Å². The molecule has 3 nitrogen and oxygen atoms in total. The van der Waals surface area contributed by atoms with Crippen LogP contribution in [0.25, 0.3) is 0 Å². The molecule has 114 valence electrons. The molecule has 3 saturated heterocycles. The van der Waals surface area contributed by atoms with Crippen LogP contribution >= 0.6 is 7.79 Å². The summed E-state index contributed by atoms with van der Waals surface area (Å²) in [7, 11) is -2.47. The zero-order valence-electron chi connectivity index (χ0n) is 12.8.